The fraction of sp³-hybridized carbons (Fsp3) is 0.467. The van der Waals surface area contributed by atoms with E-state index < -0.39 is 0 Å². The van der Waals surface area contributed by atoms with Gasteiger partial charge in [0, 0.05) is 48.1 Å². The van der Waals surface area contributed by atoms with Crippen molar-refractivity contribution in [3.63, 3.8) is 0 Å². The van der Waals surface area contributed by atoms with E-state index in [9.17, 15) is 0 Å². The van der Waals surface area contributed by atoms with Gasteiger partial charge in [0.25, 0.3) is 0 Å². The highest BCUT2D eigenvalue weighted by molar-refractivity contribution is 7.09. The fourth-order valence-corrected chi connectivity index (χ4v) is 3.43. The molecule has 1 saturated heterocycles. The molecule has 1 aliphatic rings. The summed E-state index contributed by atoms with van der Waals surface area (Å²) in [5, 5.41) is 5.27. The van der Waals surface area contributed by atoms with Crippen LogP contribution in [0.15, 0.2) is 24.3 Å². The van der Waals surface area contributed by atoms with Crippen LogP contribution in [0.25, 0.3) is 0 Å². The maximum atomic E-state index is 5.91. The Balaban J connectivity index is 1.72. The second-order valence-corrected chi connectivity index (χ2v) is 6.77. The molecule has 1 aromatic carbocycles. The molecule has 0 bridgehead atoms. The molecule has 1 aromatic heterocycles. The Kier molecular flexibility index (Phi) is 4.42. The standard InChI is InChI=1S/C15H19ClN4S/c1-10-9-20(11(2)8-17-10)15-18-14(19-21-15)7-12-3-5-13(16)6-4-12/h3-6,10-11,17H,7-9H2,1-2H3. The van der Waals surface area contributed by atoms with Gasteiger partial charge < -0.3 is 10.2 Å². The first kappa shape index (κ1) is 14.8. The minimum absolute atomic E-state index is 0.456. The van der Waals surface area contributed by atoms with E-state index in [2.05, 4.69) is 28.4 Å². The molecule has 3 rings (SSSR count). The molecule has 112 valence electrons. The summed E-state index contributed by atoms with van der Waals surface area (Å²) in [6.45, 7) is 6.40. The van der Waals surface area contributed by atoms with Gasteiger partial charge in [-0.1, -0.05) is 23.7 Å². The molecule has 0 spiro atoms. The molecule has 1 N–H and O–H groups in total. The summed E-state index contributed by atoms with van der Waals surface area (Å²) in [5.41, 5.74) is 1.19. The summed E-state index contributed by atoms with van der Waals surface area (Å²) >= 11 is 7.40. The Labute approximate surface area is 134 Å². The van der Waals surface area contributed by atoms with Gasteiger partial charge >= 0.3 is 0 Å². The van der Waals surface area contributed by atoms with Gasteiger partial charge in [0.05, 0.1) is 0 Å². The fourth-order valence-electron chi connectivity index (χ4n) is 2.51. The largest absolute Gasteiger partial charge is 0.341 e. The summed E-state index contributed by atoms with van der Waals surface area (Å²) in [7, 11) is 0. The van der Waals surface area contributed by atoms with Crippen molar-refractivity contribution in [3.05, 3.63) is 40.7 Å². The number of hydrogen-bond acceptors (Lipinski definition) is 5. The van der Waals surface area contributed by atoms with Crippen LogP contribution in [0, 0.1) is 0 Å². The minimum Gasteiger partial charge on any atom is -0.341 e. The third-order valence-corrected chi connectivity index (χ3v) is 4.79. The number of hydrogen-bond donors (Lipinski definition) is 1. The lowest BCUT2D eigenvalue weighted by atomic mass is 10.1. The van der Waals surface area contributed by atoms with Crippen LogP contribution in [0.1, 0.15) is 25.2 Å². The predicted octanol–water partition coefficient (Wildman–Crippen LogP) is 2.97. The molecule has 1 aliphatic heterocycles. The number of aromatic nitrogens is 2. The van der Waals surface area contributed by atoms with Crippen LogP contribution in [0.3, 0.4) is 0 Å². The van der Waals surface area contributed by atoms with Crippen LogP contribution in [0.5, 0.6) is 0 Å². The van der Waals surface area contributed by atoms with E-state index in [1.807, 2.05) is 24.3 Å². The van der Waals surface area contributed by atoms with Crippen molar-refractivity contribution in [2.45, 2.75) is 32.4 Å². The lowest BCUT2D eigenvalue weighted by Crippen LogP contribution is -2.54. The van der Waals surface area contributed by atoms with E-state index in [0.717, 1.165) is 35.5 Å². The molecule has 21 heavy (non-hydrogen) atoms. The maximum Gasteiger partial charge on any atom is 0.205 e. The second kappa shape index (κ2) is 6.30. The average Bonchev–Trinajstić information content (AvgIpc) is 2.92. The van der Waals surface area contributed by atoms with E-state index in [-0.39, 0.29) is 0 Å². The molecule has 2 heterocycles. The molecule has 6 heteroatoms. The average molecular weight is 323 g/mol. The minimum atomic E-state index is 0.456. The van der Waals surface area contributed by atoms with Crippen LogP contribution in [0.4, 0.5) is 5.13 Å². The van der Waals surface area contributed by atoms with Crippen LogP contribution in [0.2, 0.25) is 5.02 Å². The SMILES string of the molecule is CC1CN(c2nc(Cc3ccc(Cl)cc3)ns2)C(C)CN1. The Hall–Kier alpha value is -1.17. The van der Waals surface area contributed by atoms with Crippen LogP contribution in [-0.4, -0.2) is 34.5 Å². The number of benzene rings is 1. The van der Waals surface area contributed by atoms with Crippen molar-refractivity contribution in [1.29, 1.82) is 0 Å². The number of rotatable bonds is 3. The Morgan fingerprint density at radius 1 is 1.33 bits per heavy atom. The number of piperazine rings is 1. The lowest BCUT2D eigenvalue weighted by molar-refractivity contribution is 0.424. The van der Waals surface area contributed by atoms with Crippen molar-refractivity contribution < 1.29 is 0 Å². The molecule has 2 atom stereocenters. The Bertz CT molecular complexity index is 598. The first-order chi connectivity index (χ1) is 10.1. The van der Waals surface area contributed by atoms with Crippen molar-refractivity contribution in [3.8, 4) is 0 Å². The first-order valence-corrected chi connectivity index (χ1v) is 8.34. The van der Waals surface area contributed by atoms with Crippen LogP contribution in [-0.2, 0) is 6.42 Å². The Morgan fingerprint density at radius 2 is 2.10 bits per heavy atom. The van der Waals surface area contributed by atoms with Gasteiger partial charge in [0.2, 0.25) is 5.13 Å². The summed E-state index contributed by atoms with van der Waals surface area (Å²) in [6.07, 6.45) is 0.754. The highest BCUT2D eigenvalue weighted by Crippen LogP contribution is 2.23. The molecule has 2 unspecified atom stereocenters. The van der Waals surface area contributed by atoms with Crippen molar-refractivity contribution in [1.82, 2.24) is 14.7 Å². The quantitative estimate of drug-likeness (QED) is 0.943. The van der Waals surface area contributed by atoms with E-state index >= 15 is 0 Å². The van der Waals surface area contributed by atoms with Gasteiger partial charge in [-0.15, -0.1) is 0 Å². The summed E-state index contributed by atoms with van der Waals surface area (Å²) < 4.78 is 4.50. The zero-order chi connectivity index (χ0) is 14.8. The molecule has 0 aliphatic carbocycles. The first-order valence-electron chi connectivity index (χ1n) is 7.19. The van der Waals surface area contributed by atoms with Crippen molar-refractivity contribution >= 4 is 28.3 Å². The predicted molar refractivity (Wildman–Crippen MR) is 88.4 cm³/mol. The van der Waals surface area contributed by atoms with Crippen molar-refractivity contribution in [2.75, 3.05) is 18.0 Å². The van der Waals surface area contributed by atoms with Gasteiger partial charge in [-0.2, -0.15) is 4.37 Å². The molecule has 0 radical (unpaired) electrons. The van der Waals surface area contributed by atoms with Gasteiger partial charge in [-0.05, 0) is 31.5 Å². The third kappa shape index (κ3) is 3.54. The van der Waals surface area contributed by atoms with Crippen molar-refractivity contribution in [2.24, 2.45) is 0 Å². The topological polar surface area (TPSA) is 41.1 Å². The molecular weight excluding hydrogens is 304 g/mol. The van der Waals surface area contributed by atoms with Gasteiger partial charge in [0.15, 0.2) is 0 Å². The third-order valence-electron chi connectivity index (χ3n) is 3.74. The van der Waals surface area contributed by atoms with E-state index in [1.165, 1.54) is 17.1 Å². The van der Waals surface area contributed by atoms with E-state index in [0.29, 0.717) is 12.1 Å². The lowest BCUT2D eigenvalue weighted by Gasteiger charge is -2.37. The van der Waals surface area contributed by atoms with Gasteiger partial charge in [-0.3, -0.25) is 0 Å². The summed E-state index contributed by atoms with van der Waals surface area (Å²) in [6, 6.07) is 8.81. The number of halogens is 1. The number of nitrogens with one attached hydrogen (secondary N) is 1. The van der Waals surface area contributed by atoms with Crippen LogP contribution < -0.4 is 10.2 Å². The molecule has 2 aromatic rings. The van der Waals surface area contributed by atoms with Gasteiger partial charge in [-0.25, -0.2) is 4.98 Å². The zero-order valence-electron chi connectivity index (χ0n) is 12.2. The van der Waals surface area contributed by atoms with E-state index in [1.54, 1.807) is 0 Å². The maximum absolute atomic E-state index is 5.91. The van der Waals surface area contributed by atoms with E-state index in [4.69, 9.17) is 16.6 Å². The molecular formula is C15H19ClN4S. The highest BCUT2D eigenvalue weighted by Gasteiger charge is 2.25. The smallest absolute Gasteiger partial charge is 0.205 e. The molecule has 0 saturated carbocycles. The van der Waals surface area contributed by atoms with Crippen LogP contribution >= 0.6 is 23.1 Å². The summed E-state index contributed by atoms with van der Waals surface area (Å²) in [5.74, 6) is 0.885. The number of anilines is 1. The number of nitrogens with zero attached hydrogens (tertiary/aromatic N) is 3. The highest BCUT2D eigenvalue weighted by atomic mass is 35.5. The zero-order valence-corrected chi connectivity index (χ0v) is 13.8. The second-order valence-electron chi connectivity index (χ2n) is 5.61. The molecule has 0 amide bonds. The monoisotopic (exact) mass is 322 g/mol. The normalized spacial score (nSPS) is 22.5. The molecule has 1 fully saturated rings. The van der Waals surface area contributed by atoms with Gasteiger partial charge in [0.1, 0.15) is 5.82 Å². The molecule has 4 nitrogen and oxygen atoms in total. The summed E-state index contributed by atoms with van der Waals surface area (Å²) in [4.78, 5) is 7.06. The Morgan fingerprint density at radius 3 is 2.86 bits per heavy atom.